The van der Waals surface area contributed by atoms with E-state index in [1.54, 1.807) is 10.9 Å². The van der Waals surface area contributed by atoms with Gasteiger partial charge in [0.2, 0.25) is 0 Å². The molecule has 1 saturated carbocycles. The van der Waals surface area contributed by atoms with Crippen molar-refractivity contribution < 1.29 is 14.9 Å². The minimum atomic E-state index is -1.09. The van der Waals surface area contributed by atoms with Crippen molar-refractivity contribution in [3.8, 4) is 0 Å². The average molecular weight is 586 g/mol. The highest BCUT2D eigenvalue weighted by atomic mass is 16.6. The van der Waals surface area contributed by atoms with Gasteiger partial charge in [-0.1, -0.05) is 26.8 Å². The molecule has 13 heteroatoms. The summed E-state index contributed by atoms with van der Waals surface area (Å²) in [5.41, 5.74) is 4.72. The van der Waals surface area contributed by atoms with E-state index in [-0.39, 0.29) is 11.5 Å². The standard InChI is InChI=1S/C30H44B2N8O3/c1-16(2)39(19-10-17(11-19)6-9-23-36-20-8-7-18(30(3,4)5)12-21(20)37-23)13-22-25(41)26(42)29(43-22)40-15-35-24-27(38-32-31)33-14-34-28(24)40/h7-8,12,14-17,19,22,25-26,29,32,41-42H,6,9-11,13,31H2,1-5H3,(H,36,37)(H,33,34,38). The van der Waals surface area contributed by atoms with E-state index in [2.05, 4.69) is 82.9 Å². The Kier molecular flexibility index (Phi) is 8.27. The number of fused-ring (bicyclic) bond motifs is 2. The molecule has 0 radical (unpaired) electrons. The lowest BCUT2D eigenvalue weighted by molar-refractivity contribution is -0.0620. The number of hydrogen-bond acceptors (Lipinski definition) is 9. The van der Waals surface area contributed by atoms with Crippen molar-refractivity contribution in [3.63, 3.8) is 0 Å². The first-order valence-corrected chi connectivity index (χ1v) is 15.7. The fraction of sp³-hybridized carbons (Fsp3) is 0.600. The average Bonchev–Trinajstić information content (AvgIpc) is 3.62. The summed E-state index contributed by atoms with van der Waals surface area (Å²) in [4.78, 5) is 24.0. The number of anilines is 1. The Morgan fingerprint density at radius 3 is 2.70 bits per heavy atom. The SMILES string of the molecule is BBNc1ncnc2c1ncn2C1OC(CN(C(C)C)C2CC(CCc3nc4cc(C(C)(C)C)ccc4[nH]3)C2)C(O)C1O. The molecule has 0 amide bonds. The monoisotopic (exact) mass is 586 g/mol. The van der Waals surface area contributed by atoms with Gasteiger partial charge >= 0.3 is 0 Å². The van der Waals surface area contributed by atoms with Crippen molar-refractivity contribution in [1.82, 2.24) is 34.4 Å². The van der Waals surface area contributed by atoms with Crippen molar-refractivity contribution in [2.45, 2.75) is 102 Å². The smallest absolute Gasteiger partial charge is 0.190 e. The van der Waals surface area contributed by atoms with Crippen LogP contribution in [0.1, 0.15) is 71.5 Å². The summed E-state index contributed by atoms with van der Waals surface area (Å²) >= 11 is 0. The van der Waals surface area contributed by atoms with E-state index < -0.39 is 24.5 Å². The van der Waals surface area contributed by atoms with Crippen LogP contribution in [0.2, 0.25) is 0 Å². The second-order valence-corrected chi connectivity index (χ2v) is 13.6. The summed E-state index contributed by atoms with van der Waals surface area (Å²) in [5.74, 6) is 2.33. The summed E-state index contributed by atoms with van der Waals surface area (Å²) in [6, 6.07) is 7.26. The Hall–Kier alpha value is -2.99. The molecular weight excluding hydrogens is 542 g/mol. The summed E-state index contributed by atoms with van der Waals surface area (Å²) in [6.45, 7) is 11.6. The van der Waals surface area contributed by atoms with E-state index in [1.807, 2.05) is 7.74 Å². The third-order valence-electron chi connectivity index (χ3n) is 9.24. The number of aliphatic hydroxyl groups is 2. The van der Waals surface area contributed by atoms with E-state index in [0.29, 0.717) is 42.8 Å². The molecule has 228 valence electrons. The number of aromatic nitrogens is 6. The molecule has 4 N–H and O–H groups in total. The van der Waals surface area contributed by atoms with Crippen molar-refractivity contribution in [2.75, 3.05) is 11.8 Å². The van der Waals surface area contributed by atoms with Gasteiger partial charge < -0.3 is 25.2 Å². The molecule has 2 fully saturated rings. The second kappa shape index (κ2) is 11.8. The van der Waals surface area contributed by atoms with Gasteiger partial charge in [-0.15, -0.1) is 0 Å². The molecule has 3 aromatic heterocycles. The van der Waals surface area contributed by atoms with Gasteiger partial charge in [-0.2, -0.15) is 0 Å². The van der Waals surface area contributed by atoms with Crippen molar-refractivity contribution in [2.24, 2.45) is 5.92 Å². The number of nitrogens with zero attached hydrogens (tertiary/aromatic N) is 6. The molecule has 43 heavy (non-hydrogen) atoms. The molecule has 11 nitrogen and oxygen atoms in total. The Bertz CT molecular complexity index is 1560. The van der Waals surface area contributed by atoms with Crippen LogP contribution in [0.15, 0.2) is 30.9 Å². The molecule has 1 aliphatic carbocycles. The number of rotatable bonds is 10. The second-order valence-electron chi connectivity index (χ2n) is 13.6. The van der Waals surface area contributed by atoms with Crippen LogP contribution in [0.3, 0.4) is 0 Å². The largest absolute Gasteiger partial charge is 0.422 e. The molecule has 4 aromatic rings. The number of H-pyrrole nitrogens is 1. The molecule has 1 aromatic carbocycles. The molecular formula is C30H44B2N8O3. The molecule has 4 heterocycles. The Morgan fingerprint density at radius 1 is 1.19 bits per heavy atom. The maximum Gasteiger partial charge on any atom is 0.190 e. The van der Waals surface area contributed by atoms with E-state index >= 15 is 0 Å². The Labute approximate surface area is 254 Å². The summed E-state index contributed by atoms with van der Waals surface area (Å²) in [6.07, 6.45) is 3.92. The van der Waals surface area contributed by atoms with Crippen LogP contribution >= 0.6 is 0 Å². The number of aromatic amines is 1. The normalized spacial score (nSPS) is 26.1. The van der Waals surface area contributed by atoms with Gasteiger partial charge in [0, 0.05) is 25.0 Å². The number of benzene rings is 1. The first kappa shape index (κ1) is 30.1. The van der Waals surface area contributed by atoms with Crippen LogP contribution in [0.25, 0.3) is 22.2 Å². The minimum Gasteiger partial charge on any atom is -0.422 e. The van der Waals surface area contributed by atoms with Gasteiger partial charge in [-0.05, 0) is 62.1 Å². The van der Waals surface area contributed by atoms with Crippen molar-refractivity contribution >= 4 is 43.1 Å². The fourth-order valence-corrected chi connectivity index (χ4v) is 6.63. The zero-order chi connectivity index (χ0) is 30.5. The van der Waals surface area contributed by atoms with Crippen LogP contribution < -0.4 is 5.23 Å². The van der Waals surface area contributed by atoms with Crippen LogP contribution in [0, 0.1) is 5.92 Å². The van der Waals surface area contributed by atoms with E-state index in [0.717, 1.165) is 42.5 Å². The third-order valence-corrected chi connectivity index (χ3v) is 9.24. The highest BCUT2D eigenvalue weighted by molar-refractivity contribution is 6.91. The molecule has 1 aliphatic heterocycles. The van der Waals surface area contributed by atoms with Crippen molar-refractivity contribution in [1.29, 1.82) is 0 Å². The maximum atomic E-state index is 11.0. The first-order valence-electron chi connectivity index (χ1n) is 15.7. The van der Waals surface area contributed by atoms with Crippen LogP contribution in [0.5, 0.6) is 0 Å². The van der Waals surface area contributed by atoms with Gasteiger partial charge in [0.05, 0.1) is 25.1 Å². The molecule has 6 rings (SSSR count). The number of aliphatic hydroxyl groups excluding tert-OH is 2. The Balaban J connectivity index is 1.06. The minimum absolute atomic E-state index is 0.105. The topological polar surface area (TPSA) is 137 Å². The zero-order valence-electron chi connectivity index (χ0n) is 26.2. The molecule has 1 saturated heterocycles. The van der Waals surface area contributed by atoms with Gasteiger partial charge in [-0.3, -0.25) is 9.47 Å². The van der Waals surface area contributed by atoms with E-state index in [9.17, 15) is 10.2 Å². The van der Waals surface area contributed by atoms with E-state index in [1.165, 1.54) is 11.9 Å². The van der Waals surface area contributed by atoms with E-state index in [4.69, 9.17) is 9.72 Å². The lowest BCUT2D eigenvalue weighted by Gasteiger charge is -2.46. The summed E-state index contributed by atoms with van der Waals surface area (Å²) < 4.78 is 8.02. The third kappa shape index (κ3) is 5.92. The molecule has 4 unspecified atom stereocenters. The highest BCUT2D eigenvalue weighted by Crippen LogP contribution is 2.38. The van der Waals surface area contributed by atoms with Gasteiger partial charge in [0.1, 0.15) is 41.8 Å². The number of hydrogen-bond donors (Lipinski definition) is 4. The van der Waals surface area contributed by atoms with Gasteiger partial charge in [0.25, 0.3) is 0 Å². The zero-order valence-corrected chi connectivity index (χ0v) is 26.2. The number of imidazole rings is 2. The predicted molar refractivity (Wildman–Crippen MR) is 172 cm³/mol. The molecule has 0 spiro atoms. The lowest BCUT2D eigenvalue weighted by Crippen LogP contribution is -2.52. The fourth-order valence-electron chi connectivity index (χ4n) is 6.63. The highest BCUT2D eigenvalue weighted by Gasteiger charge is 2.46. The van der Waals surface area contributed by atoms with Crippen LogP contribution in [-0.2, 0) is 16.6 Å². The summed E-state index contributed by atoms with van der Waals surface area (Å²) in [5, 5.41) is 25.2. The van der Waals surface area contributed by atoms with Gasteiger partial charge in [-0.25, -0.2) is 19.9 Å². The number of ether oxygens (including phenoxy) is 1. The first-order chi connectivity index (χ1) is 20.5. The quantitative estimate of drug-likeness (QED) is 0.206. The van der Waals surface area contributed by atoms with Crippen molar-refractivity contribution in [3.05, 3.63) is 42.2 Å². The van der Waals surface area contributed by atoms with Crippen LogP contribution in [-0.4, -0.2) is 96.6 Å². The van der Waals surface area contributed by atoms with Crippen LogP contribution in [0.4, 0.5) is 5.82 Å². The predicted octanol–water partition coefficient (Wildman–Crippen LogP) is 2.05. The Morgan fingerprint density at radius 2 is 1.98 bits per heavy atom. The molecule has 4 atom stereocenters. The maximum absolute atomic E-state index is 11.0. The molecule has 0 bridgehead atoms. The lowest BCUT2D eigenvalue weighted by atomic mass is 9.67. The van der Waals surface area contributed by atoms with Gasteiger partial charge in [0.15, 0.2) is 19.2 Å². The number of aryl methyl sites for hydroxylation is 1. The summed E-state index contributed by atoms with van der Waals surface area (Å²) in [7, 11) is 2.69. The molecule has 2 aliphatic rings. The number of nitrogens with one attached hydrogen (secondary N) is 2.